The molecule has 0 fully saturated rings. The van der Waals surface area contributed by atoms with Crippen LogP contribution in [0, 0.1) is 0 Å². The van der Waals surface area contributed by atoms with E-state index in [0.29, 0.717) is 11.1 Å². The highest BCUT2D eigenvalue weighted by Gasteiger charge is 2.40. The van der Waals surface area contributed by atoms with Gasteiger partial charge >= 0.3 is 5.97 Å². The van der Waals surface area contributed by atoms with Crippen molar-refractivity contribution in [2.45, 2.75) is 18.4 Å². The Bertz CT molecular complexity index is 837. The van der Waals surface area contributed by atoms with Gasteiger partial charge in [-0.25, -0.2) is 0 Å². The van der Waals surface area contributed by atoms with Gasteiger partial charge in [-0.1, -0.05) is 84.9 Å². The van der Waals surface area contributed by atoms with E-state index < -0.39 is 17.5 Å². The molecule has 0 unspecified atom stereocenters. The predicted octanol–water partition coefficient (Wildman–Crippen LogP) is 4.43. The summed E-state index contributed by atoms with van der Waals surface area (Å²) in [6.07, 6.45) is 0. The van der Waals surface area contributed by atoms with Crippen LogP contribution >= 0.6 is 0 Å². The fourth-order valence-electron chi connectivity index (χ4n) is 3.15. The standard InChI is InChI=1S/C22H20O3/c1-22(25,20(21(23)24)18-10-6-3-7-11-18)19-14-12-17(13-15-19)16-8-4-2-5-9-16/h2-15,20,25H,1H3,(H,23,24)/t20-,22+/m1/s1. The van der Waals surface area contributed by atoms with Gasteiger partial charge in [0, 0.05) is 0 Å². The van der Waals surface area contributed by atoms with Gasteiger partial charge in [-0.3, -0.25) is 4.79 Å². The number of hydrogen-bond donors (Lipinski definition) is 2. The Morgan fingerprint density at radius 2 is 1.28 bits per heavy atom. The van der Waals surface area contributed by atoms with Gasteiger partial charge in [-0.2, -0.15) is 0 Å². The first-order valence-electron chi connectivity index (χ1n) is 8.16. The van der Waals surface area contributed by atoms with Crippen molar-refractivity contribution in [1.29, 1.82) is 0 Å². The molecule has 0 aliphatic heterocycles. The van der Waals surface area contributed by atoms with Crippen LogP contribution in [0.3, 0.4) is 0 Å². The Morgan fingerprint density at radius 3 is 1.80 bits per heavy atom. The van der Waals surface area contributed by atoms with Crippen LogP contribution in [-0.2, 0) is 10.4 Å². The molecule has 25 heavy (non-hydrogen) atoms. The van der Waals surface area contributed by atoms with Crippen LogP contribution < -0.4 is 0 Å². The molecule has 0 radical (unpaired) electrons. The number of carbonyl (C=O) groups is 1. The second-order valence-corrected chi connectivity index (χ2v) is 6.27. The van der Waals surface area contributed by atoms with Crippen molar-refractivity contribution in [3.63, 3.8) is 0 Å². The summed E-state index contributed by atoms with van der Waals surface area (Å²) in [5.41, 5.74) is 1.72. The lowest BCUT2D eigenvalue weighted by molar-refractivity contribution is -0.145. The molecule has 3 nitrogen and oxygen atoms in total. The van der Waals surface area contributed by atoms with E-state index in [-0.39, 0.29) is 0 Å². The summed E-state index contributed by atoms with van der Waals surface area (Å²) in [6, 6.07) is 26.1. The first kappa shape index (κ1) is 16.9. The first-order chi connectivity index (χ1) is 12.0. The molecule has 0 heterocycles. The molecule has 0 aliphatic carbocycles. The highest BCUT2D eigenvalue weighted by atomic mass is 16.4. The van der Waals surface area contributed by atoms with Gasteiger partial charge in [0.05, 0.1) is 0 Å². The minimum Gasteiger partial charge on any atom is -0.481 e. The molecule has 0 aliphatic rings. The normalized spacial score (nSPS) is 14.5. The van der Waals surface area contributed by atoms with Gasteiger partial charge in [0.15, 0.2) is 0 Å². The highest BCUT2D eigenvalue weighted by molar-refractivity contribution is 5.78. The van der Waals surface area contributed by atoms with Crippen LogP contribution in [0.5, 0.6) is 0 Å². The molecule has 2 N–H and O–H groups in total. The second-order valence-electron chi connectivity index (χ2n) is 6.27. The van der Waals surface area contributed by atoms with Crippen LogP contribution in [0.1, 0.15) is 24.0 Å². The molecule has 0 aromatic heterocycles. The Labute approximate surface area is 147 Å². The lowest BCUT2D eigenvalue weighted by atomic mass is 9.78. The Hall–Kier alpha value is -2.91. The molecule has 0 bridgehead atoms. The fraction of sp³-hybridized carbons (Fsp3) is 0.136. The molecule has 3 aromatic rings. The van der Waals surface area contributed by atoms with Crippen molar-refractivity contribution in [1.82, 2.24) is 0 Å². The lowest BCUT2D eigenvalue weighted by Gasteiger charge is -2.31. The average molecular weight is 332 g/mol. The second kappa shape index (κ2) is 6.91. The van der Waals surface area contributed by atoms with Gasteiger partial charge in [-0.05, 0) is 29.2 Å². The monoisotopic (exact) mass is 332 g/mol. The van der Waals surface area contributed by atoms with E-state index in [9.17, 15) is 15.0 Å². The van der Waals surface area contributed by atoms with Gasteiger partial charge in [0.25, 0.3) is 0 Å². The van der Waals surface area contributed by atoms with Gasteiger partial charge in [0.2, 0.25) is 0 Å². The Morgan fingerprint density at radius 1 is 0.800 bits per heavy atom. The summed E-state index contributed by atoms with van der Waals surface area (Å²) in [5, 5.41) is 20.7. The van der Waals surface area contributed by atoms with Crippen molar-refractivity contribution in [3.8, 4) is 11.1 Å². The lowest BCUT2D eigenvalue weighted by Crippen LogP contribution is -2.35. The summed E-state index contributed by atoms with van der Waals surface area (Å²) < 4.78 is 0. The van der Waals surface area contributed by atoms with Crippen molar-refractivity contribution in [2.24, 2.45) is 0 Å². The van der Waals surface area contributed by atoms with Crippen LogP contribution in [0.4, 0.5) is 0 Å². The van der Waals surface area contributed by atoms with E-state index in [1.54, 1.807) is 43.3 Å². The van der Waals surface area contributed by atoms with Crippen LogP contribution in [0.2, 0.25) is 0 Å². The summed E-state index contributed by atoms with van der Waals surface area (Å²) in [4.78, 5) is 11.8. The fourth-order valence-corrected chi connectivity index (χ4v) is 3.15. The summed E-state index contributed by atoms with van der Waals surface area (Å²) in [5.74, 6) is -2.10. The third kappa shape index (κ3) is 3.47. The predicted molar refractivity (Wildman–Crippen MR) is 98.3 cm³/mol. The van der Waals surface area contributed by atoms with E-state index in [2.05, 4.69) is 0 Å². The zero-order valence-electron chi connectivity index (χ0n) is 14.0. The molecule has 3 rings (SSSR count). The number of carboxylic acids is 1. The largest absolute Gasteiger partial charge is 0.481 e. The zero-order valence-corrected chi connectivity index (χ0v) is 14.0. The van der Waals surface area contributed by atoms with Gasteiger partial charge in [0.1, 0.15) is 11.5 Å². The molecule has 2 atom stereocenters. The molecule has 0 amide bonds. The Kier molecular flexibility index (Phi) is 4.68. The maximum atomic E-state index is 11.8. The third-order valence-electron chi connectivity index (χ3n) is 4.52. The number of rotatable bonds is 5. The highest BCUT2D eigenvalue weighted by Crippen LogP contribution is 2.37. The molecule has 126 valence electrons. The van der Waals surface area contributed by atoms with E-state index in [1.807, 2.05) is 48.5 Å². The minimum absolute atomic E-state index is 0.573. The number of benzene rings is 3. The van der Waals surface area contributed by atoms with Crippen molar-refractivity contribution < 1.29 is 15.0 Å². The smallest absolute Gasteiger partial charge is 0.314 e. The molecule has 3 heteroatoms. The Balaban J connectivity index is 1.97. The number of aliphatic carboxylic acids is 1. The van der Waals surface area contributed by atoms with Gasteiger partial charge < -0.3 is 10.2 Å². The van der Waals surface area contributed by atoms with Crippen LogP contribution in [-0.4, -0.2) is 16.2 Å². The zero-order chi connectivity index (χ0) is 17.9. The minimum atomic E-state index is -1.53. The molecule has 0 saturated carbocycles. The van der Waals surface area contributed by atoms with Crippen LogP contribution in [0.25, 0.3) is 11.1 Å². The van der Waals surface area contributed by atoms with Crippen molar-refractivity contribution >= 4 is 5.97 Å². The van der Waals surface area contributed by atoms with E-state index in [1.165, 1.54) is 0 Å². The average Bonchev–Trinajstić information content (AvgIpc) is 2.63. The molecule has 0 saturated heterocycles. The van der Waals surface area contributed by atoms with Crippen molar-refractivity contribution in [2.75, 3.05) is 0 Å². The van der Waals surface area contributed by atoms with Crippen molar-refractivity contribution in [3.05, 3.63) is 96.1 Å². The molecular weight excluding hydrogens is 312 g/mol. The maximum Gasteiger partial charge on any atom is 0.314 e. The number of carboxylic acid groups (broad SMARTS) is 1. The topological polar surface area (TPSA) is 57.5 Å². The first-order valence-corrected chi connectivity index (χ1v) is 8.16. The van der Waals surface area contributed by atoms with Crippen LogP contribution in [0.15, 0.2) is 84.9 Å². The maximum absolute atomic E-state index is 11.8. The molecule has 3 aromatic carbocycles. The van der Waals surface area contributed by atoms with E-state index in [0.717, 1.165) is 11.1 Å². The quantitative estimate of drug-likeness (QED) is 0.727. The van der Waals surface area contributed by atoms with Gasteiger partial charge in [-0.15, -0.1) is 0 Å². The van der Waals surface area contributed by atoms with E-state index in [4.69, 9.17) is 0 Å². The number of aliphatic hydroxyl groups is 1. The SMILES string of the molecule is C[C@](O)(c1ccc(-c2ccccc2)cc1)[C@@H](C(=O)O)c1ccccc1. The van der Waals surface area contributed by atoms with E-state index >= 15 is 0 Å². The molecule has 0 spiro atoms. The summed E-state index contributed by atoms with van der Waals surface area (Å²) >= 11 is 0. The third-order valence-corrected chi connectivity index (χ3v) is 4.52. The number of hydrogen-bond acceptors (Lipinski definition) is 2. The summed E-state index contributed by atoms with van der Waals surface area (Å²) in [6.45, 7) is 1.55. The summed E-state index contributed by atoms with van der Waals surface area (Å²) in [7, 11) is 0. The molecular formula is C22H20O3.